The highest BCUT2D eigenvalue weighted by Crippen LogP contribution is 2.32. The lowest BCUT2D eigenvalue weighted by Crippen LogP contribution is -2.13. The number of carbonyl (C=O) groups is 1. The van der Waals surface area contributed by atoms with Crippen LogP contribution in [0, 0.1) is 0 Å². The number of nitrogen functional groups attached to an aromatic ring is 1. The monoisotopic (exact) mass is 265 g/mol. The fourth-order valence-corrected chi connectivity index (χ4v) is 1.72. The van der Waals surface area contributed by atoms with Crippen LogP contribution in [-0.2, 0) is 6.18 Å². The van der Waals surface area contributed by atoms with Gasteiger partial charge in [0.15, 0.2) is 5.78 Å². The average molecular weight is 265 g/mol. The maximum atomic E-state index is 12.8. The third kappa shape index (κ3) is 2.76. The molecule has 2 N–H and O–H groups in total. The maximum absolute atomic E-state index is 12.8. The Bertz CT molecular complexity index is 603. The normalized spacial score (nSPS) is 11.3. The van der Waals surface area contributed by atoms with Crippen molar-refractivity contribution in [1.29, 1.82) is 0 Å². The SMILES string of the molecule is Nc1ccc(C(=O)c2ccccc2C(F)(F)F)cc1. The Morgan fingerprint density at radius 3 is 2.11 bits per heavy atom. The summed E-state index contributed by atoms with van der Waals surface area (Å²) in [6.07, 6.45) is -4.56. The van der Waals surface area contributed by atoms with E-state index >= 15 is 0 Å². The first-order valence-electron chi connectivity index (χ1n) is 5.46. The van der Waals surface area contributed by atoms with Crippen molar-refractivity contribution in [3.05, 3.63) is 65.2 Å². The molecule has 0 spiro atoms. The number of ketones is 1. The molecule has 0 amide bonds. The Kier molecular flexibility index (Phi) is 3.29. The Morgan fingerprint density at radius 1 is 0.947 bits per heavy atom. The molecule has 0 unspecified atom stereocenters. The van der Waals surface area contributed by atoms with Gasteiger partial charge in [-0.15, -0.1) is 0 Å². The lowest BCUT2D eigenvalue weighted by atomic mass is 9.98. The van der Waals surface area contributed by atoms with Gasteiger partial charge in [0.2, 0.25) is 0 Å². The third-order valence-electron chi connectivity index (χ3n) is 2.65. The van der Waals surface area contributed by atoms with Gasteiger partial charge in [0.1, 0.15) is 0 Å². The van der Waals surface area contributed by atoms with Gasteiger partial charge in [-0.2, -0.15) is 13.2 Å². The summed E-state index contributed by atoms with van der Waals surface area (Å²) in [7, 11) is 0. The zero-order chi connectivity index (χ0) is 14.0. The fourth-order valence-electron chi connectivity index (χ4n) is 1.72. The molecule has 0 aliphatic heterocycles. The van der Waals surface area contributed by atoms with E-state index in [0.29, 0.717) is 5.69 Å². The van der Waals surface area contributed by atoms with E-state index in [1.54, 1.807) is 0 Å². The zero-order valence-electron chi connectivity index (χ0n) is 9.74. The van der Waals surface area contributed by atoms with E-state index in [4.69, 9.17) is 5.73 Å². The number of rotatable bonds is 2. The number of hydrogen-bond donors (Lipinski definition) is 1. The molecule has 0 saturated heterocycles. The van der Waals surface area contributed by atoms with E-state index in [1.807, 2.05) is 0 Å². The minimum Gasteiger partial charge on any atom is -0.399 e. The molecular formula is C14H10F3NO. The van der Waals surface area contributed by atoms with Crippen molar-refractivity contribution in [2.24, 2.45) is 0 Å². The van der Waals surface area contributed by atoms with Gasteiger partial charge in [-0.05, 0) is 30.3 Å². The number of hydrogen-bond acceptors (Lipinski definition) is 2. The molecule has 5 heteroatoms. The molecule has 0 aliphatic rings. The van der Waals surface area contributed by atoms with Crippen LogP contribution in [0.1, 0.15) is 21.5 Å². The van der Waals surface area contributed by atoms with Crippen molar-refractivity contribution < 1.29 is 18.0 Å². The highest BCUT2D eigenvalue weighted by molar-refractivity contribution is 6.10. The largest absolute Gasteiger partial charge is 0.417 e. The molecule has 0 aromatic heterocycles. The van der Waals surface area contributed by atoms with Crippen LogP contribution in [0.25, 0.3) is 0 Å². The molecule has 0 bridgehead atoms. The van der Waals surface area contributed by atoms with Gasteiger partial charge in [0.25, 0.3) is 0 Å². The molecule has 0 fully saturated rings. The van der Waals surface area contributed by atoms with Crippen molar-refractivity contribution in [3.63, 3.8) is 0 Å². The van der Waals surface area contributed by atoms with Crippen molar-refractivity contribution >= 4 is 11.5 Å². The number of anilines is 1. The van der Waals surface area contributed by atoms with Crippen LogP contribution >= 0.6 is 0 Å². The van der Waals surface area contributed by atoms with E-state index in [9.17, 15) is 18.0 Å². The summed E-state index contributed by atoms with van der Waals surface area (Å²) in [5.74, 6) is -0.673. The number of carbonyl (C=O) groups excluding carboxylic acids is 1. The molecule has 0 atom stereocenters. The van der Waals surface area contributed by atoms with Crippen molar-refractivity contribution in [1.82, 2.24) is 0 Å². The number of alkyl halides is 3. The average Bonchev–Trinajstić information content (AvgIpc) is 2.38. The minimum absolute atomic E-state index is 0.172. The predicted octanol–water partition coefficient (Wildman–Crippen LogP) is 3.52. The Morgan fingerprint density at radius 2 is 1.53 bits per heavy atom. The van der Waals surface area contributed by atoms with Crippen LogP contribution in [0.15, 0.2) is 48.5 Å². The molecule has 2 aromatic rings. The van der Waals surface area contributed by atoms with Crippen LogP contribution in [0.3, 0.4) is 0 Å². The van der Waals surface area contributed by atoms with E-state index in [1.165, 1.54) is 42.5 Å². The second kappa shape index (κ2) is 4.76. The van der Waals surface area contributed by atoms with Crippen LogP contribution in [-0.4, -0.2) is 5.78 Å². The molecule has 0 saturated carbocycles. The first-order chi connectivity index (χ1) is 8.89. The van der Waals surface area contributed by atoms with Gasteiger partial charge in [-0.25, -0.2) is 0 Å². The molecule has 98 valence electrons. The van der Waals surface area contributed by atoms with Crippen molar-refractivity contribution in [3.8, 4) is 0 Å². The molecule has 0 radical (unpaired) electrons. The topological polar surface area (TPSA) is 43.1 Å². The molecule has 0 heterocycles. The number of nitrogens with two attached hydrogens (primary N) is 1. The first kappa shape index (κ1) is 13.1. The highest BCUT2D eigenvalue weighted by atomic mass is 19.4. The van der Waals surface area contributed by atoms with E-state index in [2.05, 4.69) is 0 Å². The predicted molar refractivity (Wildman–Crippen MR) is 65.7 cm³/mol. The van der Waals surface area contributed by atoms with E-state index in [-0.39, 0.29) is 11.1 Å². The van der Waals surface area contributed by atoms with Gasteiger partial charge >= 0.3 is 6.18 Å². The molecule has 2 rings (SSSR count). The van der Waals surface area contributed by atoms with Crippen LogP contribution < -0.4 is 5.73 Å². The first-order valence-corrected chi connectivity index (χ1v) is 5.46. The van der Waals surface area contributed by atoms with Crippen molar-refractivity contribution in [2.45, 2.75) is 6.18 Å². The van der Waals surface area contributed by atoms with Gasteiger partial charge in [-0.1, -0.05) is 18.2 Å². The maximum Gasteiger partial charge on any atom is 0.417 e. The second-order valence-corrected chi connectivity index (χ2v) is 3.99. The molecule has 2 nitrogen and oxygen atoms in total. The summed E-state index contributed by atoms with van der Waals surface area (Å²) in [5, 5.41) is 0. The number of halogens is 3. The van der Waals surface area contributed by atoms with E-state index in [0.717, 1.165) is 6.07 Å². The summed E-state index contributed by atoms with van der Waals surface area (Å²) in [6, 6.07) is 10.5. The minimum atomic E-state index is -4.56. The zero-order valence-corrected chi connectivity index (χ0v) is 9.74. The second-order valence-electron chi connectivity index (χ2n) is 3.99. The summed E-state index contributed by atoms with van der Waals surface area (Å²) in [5.41, 5.74) is 4.80. The Balaban J connectivity index is 2.48. The van der Waals surface area contributed by atoms with E-state index < -0.39 is 17.5 Å². The van der Waals surface area contributed by atoms with Crippen LogP contribution in [0.2, 0.25) is 0 Å². The smallest absolute Gasteiger partial charge is 0.399 e. The van der Waals surface area contributed by atoms with Crippen LogP contribution in [0.4, 0.5) is 18.9 Å². The number of benzene rings is 2. The summed E-state index contributed by atoms with van der Waals surface area (Å²) >= 11 is 0. The van der Waals surface area contributed by atoms with Crippen molar-refractivity contribution in [2.75, 3.05) is 5.73 Å². The van der Waals surface area contributed by atoms with Gasteiger partial charge in [-0.3, -0.25) is 4.79 Å². The lowest BCUT2D eigenvalue weighted by Gasteiger charge is -2.11. The summed E-state index contributed by atoms with van der Waals surface area (Å²) < 4.78 is 38.4. The fraction of sp³-hybridized carbons (Fsp3) is 0.0714. The molecule has 19 heavy (non-hydrogen) atoms. The Hall–Kier alpha value is -2.30. The van der Waals surface area contributed by atoms with Crippen LogP contribution in [0.5, 0.6) is 0 Å². The van der Waals surface area contributed by atoms with Gasteiger partial charge in [0.05, 0.1) is 5.56 Å². The Labute approximate surface area is 107 Å². The molecular weight excluding hydrogens is 255 g/mol. The summed E-state index contributed by atoms with van der Waals surface area (Å²) in [4.78, 5) is 12.1. The highest BCUT2D eigenvalue weighted by Gasteiger charge is 2.34. The molecule has 2 aromatic carbocycles. The third-order valence-corrected chi connectivity index (χ3v) is 2.65. The quantitative estimate of drug-likeness (QED) is 0.667. The summed E-state index contributed by atoms with van der Waals surface area (Å²) in [6.45, 7) is 0. The molecule has 0 aliphatic carbocycles. The standard InChI is InChI=1S/C14H10F3NO/c15-14(16,17)12-4-2-1-3-11(12)13(19)9-5-7-10(18)8-6-9/h1-8H,18H2. The van der Waals surface area contributed by atoms with Gasteiger partial charge < -0.3 is 5.73 Å². The van der Waals surface area contributed by atoms with Gasteiger partial charge in [0, 0.05) is 16.8 Å². The lowest BCUT2D eigenvalue weighted by molar-refractivity contribution is -0.137.